The summed E-state index contributed by atoms with van der Waals surface area (Å²) in [5.74, 6) is 1.87. The van der Waals surface area contributed by atoms with Gasteiger partial charge in [-0.15, -0.1) is 0 Å². The summed E-state index contributed by atoms with van der Waals surface area (Å²) in [4.78, 5) is 4.85. The molecule has 0 atom stereocenters. The minimum Gasteiger partial charge on any atom is -0.493 e. The molecule has 4 rings (SSSR count). The first-order chi connectivity index (χ1) is 14.5. The number of unbranched alkanes of at least 4 members (excludes halogenated alkanes) is 1. The zero-order valence-corrected chi connectivity index (χ0v) is 18.7. The molecule has 3 aromatic carbocycles. The molecule has 0 fully saturated rings. The van der Waals surface area contributed by atoms with Gasteiger partial charge in [-0.1, -0.05) is 53.5 Å². The minimum atomic E-state index is 0.609. The van der Waals surface area contributed by atoms with Crippen LogP contribution in [0.25, 0.3) is 22.4 Å². The first-order valence-corrected chi connectivity index (χ1v) is 10.9. The van der Waals surface area contributed by atoms with Gasteiger partial charge in [0.25, 0.3) is 0 Å². The molecule has 0 saturated carbocycles. The molecule has 0 N–H and O–H groups in total. The third kappa shape index (κ3) is 4.33. The maximum Gasteiger partial charge on any atom is 0.142 e. The van der Waals surface area contributed by atoms with Crippen LogP contribution in [-0.2, 0) is 6.54 Å². The predicted octanol–water partition coefficient (Wildman–Crippen LogP) is 7.49. The van der Waals surface area contributed by atoms with Gasteiger partial charge < -0.3 is 9.30 Å². The van der Waals surface area contributed by atoms with Crippen LogP contribution in [0, 0.1) is 13.8 Å². The number of hydrogen-bond acceptors (Lipinski definition) is 2. The molecular weight excluding hydrogens is 415 g/mol. The van der Waals surface area contributed by atoms with Crippen molar-refractivity contribution in [3.8, 4) is 17.1 Å². The molecule has 0 aliphatic carbocycles. The molecule has 5 heteroatoms. The summed E-state index contributed by atoms with van der Waals surface area (Å²) >= 11 is 12.6. The summed E-state index contributed by atoms with van der Waals surface area (Å²) in [7, 11) is 0. The van der Waals surface area contributed by atoms with Crippen molar-refractivity contribution in [3.63, 3.8) is 0 Å². The number of ether oxygens (including phenoxy) is 1. The lowest BCUT2D eigenvalue weighted by Gasteiger charge is -2.13. The van der Waals surface area contributed by atoms with Crippen LogP contribution < -0.4 is 4.74 Å². The summed E-state index contributed by atoms with van der Waals surface area (Å²) in [5, 5.41) is 1.23. The summed E-state index contributed by atoms with van der Waals surface area (Å²) < 4.78 is 8.30. The van der Waals surface area contributed by atoms with Gasteiger partial charge in [0.2, 0.25) is 0 Å². The molecule has 0 spiro atoms. The van der Waals surface area contributed by atoms with Crippen molar-refractivity contribution in [2.24, 2.45) is 0 Å². The van der Waals surface area contributed by atoms with Gasteiger partial charge in [-0.2, -0.15) is 0 Å². The molecule has 1 aromatic heterocycles. The first-order valence-electron chi connectivity index (χ1n) is 10.1. The highest BCUT2D eigenvalue weighted by molar-refractivity contribution is 6.36. The van der Waals surface area contributed by atoms with E-state index in [9.17, 15) is 0 Å². The Morgan fingerprint density at radius 1 is 0.900 bits per heavy atom. The summed E-state index contributed by atoms with van der Waals surface area (Å²) in [6, 6.07) is 20.0. The second-order valence-corrected chi connectivity index (χ2v) is 8.32. The summed E-state index contributed by atoms with van der Waals surface area (Å²) in [6.45, 7) is 5.70. The van der Waals surface area contributed by atoms with E-state index in [1.165, 1.54) is 11.1 Å². The number of halogens is 2. The van der Waals surface area contributed by atoms with E-state index >= 15 is 0 Å². The van der Waals surface area contributed by atoms with Gasteiger partial charge in [0, 0.05) is 17.1 Å². The standard InChI is InChI=1S/C25H24Cl2N2O/c1-17-8-7-9-18(2)24(17)30-15-6-5-14-29-23-11-4-3-10-22(23)28-25(29)20-13-12-19(26)16-21(20)27/h3-4,7-13,16H,5-6,14-15H2,1-2H3. The number of imidazole rings is 1. The van der Waals surface area contributed by atoms with E-state index in [0.717, 1.165) is 47.6 Å². The Morgan fingerprint density at radius 2 is 1.67 bits per heavy atom. The van der Waals surface area contributed by atoms with Crippen molar-refractivity contribution in [2.75, 3.05) is 6.61 Å². The number of hydrogen-bond donors (Lipinski definition) is 0. The summed E-state index contributed by atoms with van der Waals surface area (Å²) in [6.07, 6.45) is 1.93. The fourth-order valence-corrected chi connectivity index (χ4v) is 4.24. The molecule has 0 aliphatic rings. The molecule has 0 radical (unpaired) electrons. The van der Waals surface area contributed by atoms with Crippen molar-refractivity contribution >= 4 is 34.2 Å². The Hall–Kier alpha value is -2.49. The Labute approximate surface area is 187 Å². The number of benzene rings is 3. The highest BCUT2D eigenvalue weighted by atomic mass is 35.5. The normalized spacial score (nSPS) is 11.2. The van der Waals surface area contributed by atoms with Crippen molar-refractivity contribution in [2.45, 2.75) is 33.2 Å². The molecule has 1 heterocycles. The lowest BCUT2D eigenvalue weighted by Crippen LogP contribution is -2.05. The van der Waals surface area contributed by atoms with Crippen LogP contribution in [0.1, 0.15) is 24.0 Å². The second kappa shape index (κ2) is 9.11. The van der Waals surface area contributed by atoms with Gasteiger partial charge in [0.05, 0.1) is 22.7 Å². The average Bonchev–Trinajstić information content (AvgIpc) is 3.08. The van der Waals surface area contributed by atoms with E-state index in [0.29, 0.717) is 16.7 Å². The Kier molecular flexibility index (Phi) is 6.31. The van der Waals surface area contributed by atoms with Crippen LogP contribution in [0.4, 0.5) is 0 Å². The second-order valence-electron chi connectivity index (χ2n) is 7.48. The molecular formula is C25H24Cl2N2O. The number of nitrogens with zero attached hydrogens (tertiary/aromatic N) is 2. The Morgan fingerprint density at radius 3 is 2.43 bits per heavy atom. The Balaban J connectivity index is 1.51. The topological polar surface area (TPSA) is 27.1 Å². The van der Waals surface area contributed by atoms with Crippen molar-refractivity contribution in [1.29, 1.82) is 0 Å². The van der Waals surface area contributed by atoms with Gasteiger partial charge in [-0.05, 0) is 68.1 Å². The number of para-hydroxylation sites is 3. The largest absolute Gasteiger partial charge is 0.493 e. The SMILES string of the molecule is Cc1cccc(C)c1OCCCCn1c(-c2ccc(Cl)cc2Cl)nc2ccccc21. The van der Waals surface area contributed by atoms with Crippen LogP contribution in [-0.4, -0.2) is 16.2 Å². The van der Waals surface area contributed by atoms with E-state index in [-0.39, 0.29) is 0 Å². The van der Waals surface area contributed by atoms with Crippen molar-refractivity contribution < 1.29 is 4.74 Å². The number of aryl methyl sites for hydroxylation is 3. The van der Waals surface area contributed by atoms with E-state index in [1.54, 1.807) is 6.07 Å². The molecule has 0 saturated heterocycles. The third-order valence-electron chi connectivity index (χ3n) is 5.26. The highest BCUT2D eigenvalue weighted by Gasteiger charge is 2.15. The smallest absolute Gasteiger partial charge is 0.142 e. The fourth-order valence-electron chi connectivity index (χ4n) is 3.75. The van der Waals surface area contributed by atoms with Crippen LogP contribution in [0.15, 0.2) is 60.7 Å². The molecule has 0 unspecified atom stereocenters. The zero-order chi connectivity index (χ0) is 21.1. The molecule has 4 aromatic rings. The molecule has 0 aliphatic heterocycles. The van der Waals surface area contributed by atoms with Gasteiger partial charge in [-0.3, -0.25) is 0 Å². The van der Waals surface area contributed by atoms with E-state index in [1.807, 2.05) is 30.3 Å². The molecule has 0 amide bonds. The predicted molar refractivity (Wildman–Crippen MR) is 126 cm³/mol. The fraction of sp³-hybridized carbons (Fsp3) is 0.240. The maximum atomic E-state index is 6.49. The molecule has 154 valence electrons. The monoisotopic (exact) mass is 438 g/mol. The molecule has 30 heavy (non-hydrogen) atoms. The highest BCUT2D eigenvalue weighted by Crippen LogP contribution is 2.32. The number of rotatable bonds is 7. The lowest BCUT2D eigenvalue weighted by molar-refractivity contribution is 0.300. The number of fused-ring (bicyclic) bond motifs is 1. The van der Waals surface area contributed by atoms with E-state index in [4.69, 9.17) is 32.9 Å². The van der Waals surface area contributed by atoms with E-state index < -0.39 is 0 Å². The van der Waals surface area contributed by atoms with Crippen LogP contribution >= 0.6 is 23.2 Å². The Bertz CT molecular complexity index is 1160. The molecule has 0 bridgehead atoms. The summed E-state index contributed by atoms with van der Waals surface area (Å²) in [5.41, 5.74) is 5.31. The van der Waals surface area contributed by atoms with Crippen molar-refractivity contribution in [1.82, 2.24) is 9.55 Å². The van der Waals surface area contributed by atoms with Crippen LogP contribution in [0.5, 0.6) is 5.75 Å². The zero-order valence-electron chi connectivity index (χ0n) is 17.2. The first kappa shape index (κ1) is 20.8. The lowest BCUT2D eigenvalue weighted by atomic mass is 10.1. The van der Waals surface area contributed by atoms with Crippen LogP contribution in [0.2, 0.25) is 10.0 Å². The number of aromatic nitrogens is 2. The van der Waals surface area contributed by atoms with Crippen molar-refractivity contribution in [3.05, 3.63) is 81.8 Å². The van der Waals surface area contributed by atoms with Crippen LogP contribution in [0.3, 0.4) is 0 Å². The maximum absolute atomic E-state index is 6.49. The van der Waals surface area contributed by atoms with Gasteiger partial charge >= 0.3 is 0 Å². The average molecular weight is 439 g/mol. The minimum absolute atomic E-state index is 0.609. The van der Waals surface area contributed by atoms with Gasteiger partial charge in [0.1, 0.15) is 11.6 Å². The van der Waals surface area contributed by atoms with E-state index in [2.05, 4.69) is 42.7 Å². The molecule has 3 nitrogen and oxygen atoms in total. The van der Waals surface area contributed by atoms with Gasteiger partial charge in [0.15, 0.2) is 0 Å². The third-order valence-corrected chi connectivity index (χ3v) is 5.81. The quantitative estimate of drug-likeness (QED) is 0.279. The van der Waals surface area contributed by atoms with Gasteiger partial charge in [-0.25, -0.2) is 4.98 Å².